The maximum atomic E-state index is 12.2. The number of amides is 1. The second-order valence-corrected chi connectivity index (χ2v) is 7.31. The third-order valence-electron chi connectivity index (χ3n) is 4.39. The molecule has 0 spiro atoms. The second-order valence-electron chi connectivity index (χ2n) is 6.37. The van der Waals surface area contributed by atoms with E-state index in [4.69, 9.17) is 0 Å². The third-order valence-corrected chi connectivity index (χ3v) is 5.23. The van der Waals surface area contributed by atoms with Gasteiger partial charge in [0.25, 0.3) is 5.78 Å². The normalized spacial score (nSPS) is 21.5. The van der Waals surface area contributed by atoms with Crippen LogP contribution in [0.4, 0.5) is 0 Å². The van der Waals surface area contributed by atoms with Gasteiger partial charge in [0.2, 0.25) is 11.1 Å². The highest BCUT2D eigenvalue weighted by molar-refractivity contribution is 7.99. The Morgan fingerprint density at radius 1 is 1.35 bits per heavy atom. The number of fused-ring (bicyclic) bond motifs is 1. The zero-order valence-electron chi connectivity index (χ0n) is 13.9. The largest absolute Gasteiger partial charge is 0.352 e. The van der Waals surface area contributed by atoms with Gasteiger partial charge in [-0.25, -0.2) is 9.50 Å². The van der Waals surface area contributed by atoms with E-state index < -0.39 is 0 Å². The van der Waals surface area contributed by atoms with Crippen LogP contribution in [-0.2, 0) is 4.79 Å². The molecule has 2 aromatic heterocycles. The van der Waals surface area contributed by atoms with Gasteiger partial charge in [-0.3, -0.25) is 4.79 Å². The molecule has 1 aliphatic rings. The molecule has 0 saturated heterocycles. The minimum atomic E-state index is 0.0634. The number of thioether (sulfide) groups is 1. The fraction of sp³-hybridized carbons (Fsp3) is 0.625. The van der Waals surface area contributed by atoms with Crippen LogP contribution in [0.25, 0.3) is 5.78 Å². The van der Waals surface area contributed by atoms with Crippen LogP contribution < -0.4 is 5.32 Å². The topological polar surface area (TPSA) is 72.2 Å². The zero-order chi connectivity index (χ0) is 16.4. The van der Waals surface area contributed by atoms with Gasteiger partial charge in [-0.05, 0) is 38.7 Å². The van der Waals surface area contributed by atoms with Crippen molar-refractivity contribution in [2.24, 2.45) is 5.92 Å². The number of aryl methyl sites for hydroxylation is 2. The number of carbonyl (C=O) groups is 1. The van der Waals surface area contributed by atoms with Gasteiger partial charge in [-0.15, -0.1) is 5.10 Å². The monoisotopic (exact) mass is 333 g/mol. The highest BCUT2D eigenvalue weighted by atomic mass is 32.2. The summed E-state index contributed by atoms with van der Waals surface area (Å²) in [5.41, 5.74) is 1.91. The molecule has 2 atom stereocenters. The molecule has 7 heteroatoms. The lowest BCUT2D eigenvalue weighted by Crippen LogP contribution is -2.41. The summed E-state index contributed by atoms with van der Waals surface area (Å²) in [5.74, 6) is 1.57. The smallest absolute Gasteiger partial charge is 0.253 e. The molecule has 0 bridgehead atoms. The van der Waals surface area contributed by atoms with Crippen molar-refractivity contribution in [2.45, 2.75) is 57.7 Å². The molecule has 23 heavy (non-hydrogen) atoms. The number of rotatable bonds is 4. The van der Waals surface area contributed by atoms with Gasteiger partial charge in [-0.2, -0.15) is 4.98 Å². The molecule has 2 heterocycles. The molecule has 3 rings (SSSR count). The van der Waals surface area contributed by atoms with Gasteiger partial charge in [0.1, 0.15) is 0 Å². The van der Waals surface area contributed by atoms with E-state index in [1.165, 1.54) is 31.0 Å². The molecule has 1 aliphatic carbocycles. The van der Waals surface area contributed by atoms with Gasteiger partial charge in [-0.1, -0.05) is 31.5 Å². The quantitative estimate of drug-likeness (QED) is 0.871. The van der Waals surface area contributed by atoms with Crippen molar-refractivity contribution in [2.75, 3.05) is 5.75 Å². The van der Waals surface area contributed by atoms with Crippen molar-refractivity contribution in [3.8, 4) is 0 Å². The van der Waals surface area contributed by atoms with Crippen LogP contribution in [0.5, 0.6) is 0 Å². The summed E-state index contributed by atoms with van der Waals surface area (Å²) in [4.78, 5) is 20.9. The molecule has 124 valence electrons. The van der Waals surface area contributed by atoms with Gasteiger partial charge in [0, 0.05) is 17.4 Å². The Balaban J connectivity index is 1.59. The summed E-state index contributed by atoms with van der Waals surface area (Å²) < 4.78 is 1.72. The van der Waals surface area contributed by atoms with Crippen molar-refractivity contribution in [1.82, 2.24) is 24.9 Å². The first kappa shape index (κ1) is 16.2. The zero-order valence-corrected chi connectivity index (χ0v) is 14.7. The fourth-order valence-electron chi connectivity index (χ4n) is 3.12. The number of aromatic nitrogens is 4. The van der Waals surface area contributed by atoms with E-state index >= 15 is 0 Å². The Kier molecular flexibility index (Phi) is 4.84. The summed E-state index contributed by atoms with van der Waals surface area (Å²) in [6, 6.07) is 2.28. The predicted molar refractivity (Wildman–Crippen MR) is 90.5 cm³/mol. The van der Waals surface area contributed by atoms with E-state index in [0.717, 1.165) is 17.8 Å². The third kappa shape index (κ3) is 3.83. The van der Waals surface area contributed by atoms with Gasteiger partial charge in [0.05, 0.1) is 5.75 Å². The van der Waals surface area contributed by atoms with Crippen molar-refractivity contribution in [3.05, 3.63) is 17.5 Å². The van der Waals surface area contributed by atoms with Crippen molar-refractivity contribution < 1.29 is 4.79 Å². The van der Waals surface area contributed by atoms with Crippen LogP contribution in [-0.4, -0.2) is 37.3 Å². The minimum Gasteiger partial charge on any atom is -0.352 e. The first-order valence-corrected chi connectivity index (χ1v) is 9.14. The van der Waals surface area contributed by atoms with E-state index in [9.17, 15) is 4.79 Å². The van der Waals surface area contributed by atoms with E-state index in [1.54, 1.807) is 4.52 Å². The number of nitrogens with one attached hydrogen (secondary N) is 1. The lowest BCUT2D eigenvalue weighted by atomic mass is 9.86. The SMILES string of the molecule is Cc1cc(C)n2nc(SCC(=O)N[C@H]3CCCC[C@@H]3C)nc2n1. The van der Waals surface area contributed by atoms with Crippen LogP contribution in [0.15, 0.2) is 11.2 Å². The van der Waals surface area contributed by atoms with Crippen LogP contribution in [0.2, 0.25) is 0 Å². The highest BCUT2D eigenvalue weighted by Crippen LogP contribution is 2.24. The van der Waals surface area contributed by atoms with E-state index in [-0.39, 0.29) is 5.91 Å². The summed E-state index contributed by atoms with van der Waals surface area (Å²) in [6.07, 6.45) is 4.78. The standard InChI is InChI=1S/C16H23N5OS/c1-10-6-4-5-7-13(10)18-14(22)9-23-16-19-15-17-11(2)8-12(3)21(15)20-16/h8,10,13H,4-7,9H2,1-3H3,(H,18,22)/t10-,13-/m0/s1. The average molecular weight is 333 g/mol. The van der Waals surface area contributed by atoms with E-state index in [2.05, 4.69) is 27.3 Å². The first-order valence-electron chi connectivity index (χ1n) is 8.16. The van der Waals surface area contributed by atoms with E-state index in [0.29, 0.717) is 28.6 Å². The Morgan fingerprint density at radius 3 is 2.91 bits per heavy atom. The molecular weight excluding hydrogens is 310 g/mol. The molecule has 1 fully saturated rings. The maximum Gasteiger partial charge on any atom is 0.253 e. The second kappa shape index (κ2) is 6.86. The van der Waals surface area contributed by atoms with Crippen LogP contribution in [0, 0.1) is 19.8 Å². The molecule has 0 unspecified atom stereocenters. The van der Waals surface area contributed by atoms with Crippen LogP contribution in [0.1, 0.15) is 44.0 Å². The average Bonchev–Trinajstić information content (AvgIpc) is 2.91. The summed E-state index contributed by atoms with van der Waals surface area (Å²) in [5, 5.41) is 8.16. The molecule has 0 aromatic carbocycles. The predicted octanol–water partition coefficient (Wildman–Crippen LogP) is 2.53. The fourth-order valence-corrected chi connectivity index (χ4v) is 3.75. The molecule has 0 radical (unpaired) electrons. The highest BCUT2D eigenvalue weighted by Gasteiger charge is 2.22. The number of carbonyl (C=O) groups excluding carboxylic acids is 1. The minimum absolute atomic E-state index is 0.0634. The Bertz CT molecular complexity index is 714. The summed E-state index contributed by atoms with van der Waals surface area (Å²) in [7, 11) is 0. The van der Waals surface area contributed by atoms with Crippen molar-refractivity contribution in [3.63, 3.8) is 0 Å². The van der Waals surface area contributed by atoms with Gasteiger partial charge < -0.3 is 5.32 Å². The maximum absolute atomic E-state index is 12.2. The van der Waals surface area contributed by atoms with Crippen molar-refractivity contribution >= 4 is 23.4 Å². The number of hydrogen-bond acceptors (Lipinski definition) is 5. The molecule has 6 nitrogen and oxygen atoms in total. The number of nitrogens with zero attached hydrogens (tertiary/aromatic N) is 4. The summed E-state index contributed by atoms with van der Waals surface area (Å²) in [6.45, 7) is 6.13. The molecule has 1 saturated carbocycles. The van der Waals surface area contributed by atoms with Gasteiger partial charge >= 0.3 is 0 Å². The summed E-state index contributed by atoms with van der Waals surface area (Å²) >= 11 is 1.36. The molecule has 1 N–H and O–H groups in total. The first-order chi connectivity index (χ1) is 11.0. The van der Waals surface area contributed by atoms with Crippen LogP contribution in [0.3, 0.4) is 0 Å². The molecule has 0 aliphatic heterocycles. The van der Waals surface area contributed by atoms with E-state index in [1.807, 2.05) is 19.9 Å². The molecule has 1 amide bonds. The van der Waals surface area contributed by atoms with Crippen molar-refractivity contribution in [1.29, 1.82) is 0 Å². The Hall–Kier alpha value is -1.63. The lowest BCUT2D eigenvalue weighted by molar-refractivity contribution is -0.119. The lowest BCUT2D eigenvalue weighted by Gasteiger charge is -2.29. The Morgan fingerprint density at radius 2 is 2.13 bits per heavy atom. The molecular formula is C16H23N5OS. The van der Waals surface area contributed by atoms with Gasteiger partial charge in [0.15, 0.2) is 0 Å². The number of hydrogen-bond donors (Lipinski definition) is 1. The Labute approximate surface area is 140 Å². The molecule has 2 aromatic rings. The van der Waals surface area contributed by atoms with Crippen LogP contribution >= 0.6 is 11.8 Å².